The van der Waals surface area contributed by atoms with Gasteiger partial charge in [-0.25, -0.2) is 4.31 Å². The van der Waals surface area contributed by atoms with Gasteiger partial charge in [-0.15, -0.1) is 0 Å². The van der Waals surface area contributed by atoms with Gasteiger partial charge in [0.05, 0.1) is 26.4 Å². The van der Waals surface area contributed by atoms with Gasteiger partial charge in [-0.05, 0) is 62.1 Å². The summed E-state index contributed by atoms with van der Waals surface area (Å²) in [6.45, 7) is -3.80. The molecular formula is C16H24Br4O5P2S2. The number of rotatable bonds is 2. The lowest BCUT2D eigenvalue weighted by Crippen LogP contribution is -2.44. The average Bonchev–Trinajstić information content (AvgIpc) is 2.68. The van der Waals surface area contributed by atoms with Crippen LogP contribution in [0.5, 0.6) is 0 Å². The van der Waals surface area contributed by atoms with Crippen LogP contribution in [0.2, 0.25) is 0 Å². The summed E-state index contributed by atoms with van der Waals surface area (Å²) in [6, 6.07) is 0. The second-order valence-corrected chi connectivity index (χ2v) is 19.5. The largest absolute Gasteiger partial charge is 0.334 e. The van der Waals surface area contributed by atoms with Crippen LogP contribution in [0, 0.1) is 10.8 Å². The van der Waals surface area contributed by atoms with Gasteiger partial charge in [-0.2, -0.15) is 0 Å². The predicted molar refractivity (Wildman–Crippen MR) is 137 cm³/mol. The molecule has 4 rings (SSSR count). The molecule has 0 N–H and O–H groups in total. The van der Waals surface area contributed by atoms with E-state index in [1.165, 1.54) is 0 Å². The quantitative estimate of drug-likeness (QED) is 0.225. The summed E-state index contributed by atoms with van der Waals surface area (Å²) in [5.74, 6) is 0. The van der Waals surface area contributed by atoms with Gasteiger partial charge in [0.1, 0.15) is 0 Å². The van der Waals surface area contributed by atoms with E-state index in [0.717, 1.165) is 38.5 Å². The molecule has 2 spiro atoms. The first kappa shape index (κ1) is 25.1. The standard InChI is InChI=1S/C16H24Br4O5P2S2/c17-11-1-3-15(5-13(11)19)7-21-26(28,22-8-15)25-27(29)23-9-16(10-24-27)4-2-12(18)14(20)6-16/h11-14H,1-10H2. The normalized spacial score (nSPS) is 53.9. The fourth-order valence-corrected chi connectivity index (χ4v) is 13.2. The Hall–Kier alpha value is 3.02. The van der Waals surface area contributed by atoms with Crippen molar-refractivity contribution in [1.29, 1.82) is 0 Å². The Morgan fingerprint density at radius 3 is 1.31 bits per heavy atom. The maximum atomic E-state index is 6.01. The van der Waals surface area contributed by atoms with Gasteiger partial charge in [0, 0.05) is 30.1 Å². The highest BCUT2D eigenvalue weighted by atomic mass is 79.9. The van der Waals surface area contributed by atoms with E-state index in [4.69, 9.17) is 46.0 Å². The number of hydrogen-bond acceptors (Lipinski definition) is 7. The molecule has 13 heteroatoms. The zero-order valence-corrected chi connectivity index (χ0v) is 25.4. The first-order valence-electron chi connectivity index (χ1n) is 9.62. The summed E-state index contributed by atoms with van der Waals surface area (Å²) in [6.07, 6.45) is 6.16. The molecule has 0 amide bonds. The van der Waals surface area contributed by atoms with Crippen molar-refractivity contribution in [2.45, 2.75) is 57.8 Å². The molecule has 2 saturated carbocycles. The van der Waals surface area contributed by atoms with Gasteiger partial charge >= 0.3 is 13.4 Å². The van der Waals surface area contributed by atoms with Crippen molar-refractivity contribution in [3.63, 3.8) is 0 Å². The van der Waals surface area contributed by atoms with Crippen LogP contribution in [0.4, 0.5) is 0 Å². The Morgan fingerprint density at radius 2 is 1.00 bits per heavy atom. The van der Waals surface area contributed by atoms with Gasteiger partial charge in [-0.1, -0.05) is 63.7 Å². The van der Waals surface area contributed by atoms with E-state index in [1.807, 2.05) is 0 Å². The lowest BCUT2D eigenvalue weighted by Gasteiger charge is -2.48. The lowest BCUT2D eigenvalue weighted by atomic mass is 9.75. The van der Waals surface area contributed by atoms with Crippen LogP contribution in [0.1, 0.15) is 38.5 Å². The molecule has 4 fully saturated rings. The van der Waals surface area contributed by atoms with E-state index in [2.05, 4.69) is 63.7 Å². The van der Waals surface area contributed by atoms with Crippen molar-refractivity contribution >= 4 is 101 Å². The molecule has 0 radical (unpaired) electrons. The van der Waals surface area contributed by atoms with Crippen LogP contribution in [0.3, 0.4) is 0 Å². The second kappa shape index (κ2) is 9.58. The van der Waals surface area contributed by atoms with Crippen LogP contribution in [0.25, 0.3) is 0 Å². The lowest BCUT2D eigenvalue weighted by molar-refractivity contribution is -0.0235. The highest BCUT2D eigenvalue weighted by Crippen LogP contribution is 2.71. The zero-order chi connectivity index (χ0) is 20.9. The van der Waals surface area contributed by atoms with Crippen LogP contribution >= 0.6 is 77.2 Å². The first-order chi connectivity index (χ1) is 13.6. The third-order valence-electron chi connectivity index (χ3n) is 6.26. The molecule has 168 valence electrons. The molecule has 0 aromatic heterocycles. The van der Waals surface area contributed by atoms with E-state index in [1.54, 1.807) is 0 Å². The fourth-order valence-electron chi connectivity index (χ4n) is 4.30. The minimum absolute atomic E-state index is 0.0191. The summed E-state index contributed by atoms with van der Waals surface area (Å²) < 4.78 is 30.0. The summed E-state index contributed by atoms with van der Waals surface area (Å²) in [7, 11) is 0. The number of hydrogen-bond donors (Lipinski definition) is 0. The van der Waals surface area contributed by atoms with Crippen molar-refractivity contribution in [1.82, 2.24) is 0 Å². The Balaban J connectivity index is 1.33. The Morgan fingerprint density at radius 1 is 0.655 bits per heavy atom. The first-order valence-corrected chi connectivity index (χ1v) is 18.4. The highest BCUT2D eigenvalue weighted by molar-refractivity contribution is 9.12. The summed E-state index contributed by atoms with van der Waals surface area (Å²) in [5.41, 5.74) is -0.0383. The summed E-state index contributed by atoms with van der Waals surface area (Å²) in [4.78, 5) is 1.75. The molecule has 2 saturated heterocycles. The molecule has 2 aliphatic heterocycles. The van der Waals surface area contributed by atoms with Gasteiger partial charge in [-0.3, -0.25) is 0 Å². The van der Waals surface area contributed by atoms with E-state index in [-0.39, 0.29) is 10.8 Å². The SMILES string of the molecule is S=P1(OP2(=S)OCC3(CCC(Br)C(Br)C3)CO2)OCC2(CCC(Br)C(Br)C2)CO1. The molecule has 29 heavy (non-hydrogen) atoms. The monoisotopic (exact) mass is 738 g/mol. The maximum absolute atomic E-state index is 6.01. The van der Waals surface area contributed by atoms with E-state index >= 15 is 0 Å². The van der Waals surface area contributed by atoms with Crippen LogP contribution in [0.15, 0.2) is 0 Å². The molecule has 2 aliphatic carbocycles. The Labute approximate surface area is 216 Å². The maximum Gasteiger partial charge on any atom is 0.334 e. The molecule has 0 bridgehead atoms. The third-order valence-corrected chi connectivity index (χ3v) is 17.6. The number of halogens is 4. The third kappa shape index (κ3) is 5.82. The van der Waals surface area contributed by atoms with E-state index < -0.39 is 13.4 Å². The van der Waals surface area contributed by atoms with Crippen LogP contribution in [-0.4, -0.2) is 45.7 Å². The predicted octanol–water partition coefficient (Wildman–Crippen LogP) is 6.94. The Bertz CT molecular complexity index is 649. The molecule has 4 aliphatic rings. The minimum Gasteiger partial charge on any atom is -0.308 e. The van der Waals surface area contributed by atoms with Crippen molar-refractivity contribution < 1.29 is 22.4 Å². The topological polar surface area (TPSA) is 46.2 Å². The smallest absolute Gasteiger partial charge is 0.308 e. The highest BCUT2D eigenvalue weighted by Gasteiger charge is 2.50. The van der Waals surface area contributed by atoms with Crippen LogP contribution in [-0.2, 0) is 46.0 Å². The Kier molecular flexibility index (Phi) is 8.30. The molecule has 5 nitrogen and oxygen atoms in total. The van der Waals surface area contributed by atoms with E-state index in [9.17, 15) is 0 Å². The van der Waals surface area contributed by atoms with Gasteiger partial charge in [0.15, 0.2) is 0 Å². The minimum atomic E-state index is -2.96. The zero-order valence-electron chi connectivity index (χ0n) is 15.6. The van der Waals surface area contributed by atoms with Crippen molar-refractivity contribution in [3.8, 4) is 0 Å². The van der Waals surface area contributed by atoms with Crippen molar-refractivity contribution in [3.05, 3.63) is 0 Å². The average molecular weight is 742 g/mol. The van der Waals surface area contributed by atoms with E-state index in [0.29, 0.717) is 45.7 Å². The van der Waals surface area contributed by atoms with Gasteiger partial charge in [0.25, 0.3) is 0 Å². The summed E-state index contributed by atoms with van der Waals surface area (Å²) >= 11 is 26.2. The van der Waals surface area contributed by atoms with Crippen molar-refractivity contribution in [2.75, 3.05) is 26.4 Å². The molecule has 4 unspecified atom stereocenters. The van der Waals surface area contributed by atoms with Gasteiger partial charge in [0.2, 0.25) is 0 Å². The molecular weight excluding hydrogens is 718 g/mol. The van der Waals surface area contributed by atoms with Gasteiger partial charge < -0.3 is 18.1 Å². The van der Waals surface area contributed by atoms with Crippen LogP contribution < -0.4 is 0 Å². The second-order valence-electron chi connectivity index (χ2n) is 8.62. The fraction of sp³-hybridized carbons (Fsp3) is 1.00. The summed E-state index contributed by atoms with van der Waals surface area (Å²) in [5, 5.41) is 0. The molecule has 2 heterocycles. The number of alkyl halides is 4. The molecule has 0 aromatic carbocycles. The molecule has 0 aromatic rings. The van der Waals surface area contributed by atoms with Crippen molar-refractivity contribution in [2.24, 2.45) is 10.8 Å². The molecule has 4 atom stereocenters.